The average molecular weight is 604 g/mol. The Balaban J connectivity index is 1.79. The molecule has 0 amide bonds. The maximum absolute atomic E-state index is 13.5. The van der Waals surface area contributed by atoms with E-state index in [1.807, 2.05) is 0 Å². The van der Waals surface area contributed by atoms with Crippen molar-refractivity contribution in [1.82, 2.24) is 4.98 Å². The zero-order valence-corrected chi connectivity index (χ0v) is 28.0. The molecule has 1 saturated heterocycles. The Morgan fingerprint density at radius 3 is 2.05 bits per heavy atom. The van der Waals surface area contributed by atoms with Crippen molar-refractivity contribution < 1.29 is 27.1 Å². The van der Waals surface area contributed by atoms with E-state index in [1.54, 1.807) is 12.1 Å². The van der Waals surface area contributed by atoms with E-state index in [-0.39, 0.29) is 22.0 Å². The van der Waals surface area contributed by atoms with Crippen molar-refractivity contribution in [2.24, 2.45) is 5.41 Å². The fraction of sp³-hybridized carbons (Fsp3) is 0.676. The monoisotopic (exact) mass is 603 g/mol. The molecule has 0 unspecified atom stereocenters. The molecule has 1 aromatic heterocycles. The van der Waals surface area contributed by atoms with Crippen LogP contribution in [-0.2, 0) is 37.5 Å². The van der Waals surface area contributed by atoms with Crippen LogP contribution in [0.3, 0.4) is 0 Å². The number of ether oxygens (including phenoxy) is 2. The Labute approximate surface area is 250 Å². The molecule has 4 nitrogen and oxygen atoms in total. The maximum atomic E-state index is 13.5. The van der Waals surface area contributed by atoms with Gasteiger partial charge in [0, 0.05) is 48.3 Å². The number of hydrogen-bond acceptors (Lipinski definition) is 4. The Morgan fingerprint density at radius 1 is 0.929 bits per heavy atom. The molecule has 232 valence electrons. The van der Waals surface area contributed by atoms with E-state index in [1.165, 1.54) is 23.3 Å². The van der Waals surface area contributed by atoms with Crippen molar-refractivity contribution >= 4 is 8.32 Å². The molecule has 0 saturated carbocycles. The minimum atomic E-state index is -4.40. The maximum Gasteiger partial charge on any atom is 0.416 e. The van der Waals surface area contributed by atoms with Gasteiger partial charge < -0.3 is 13.9 Å². The third-order valence-corrected chi connectivity index (χ3v) is 14.4. The molecular weight excluding hydrogens is 555 g/mol. The lowest BCUT2D eigenvalue weighted by Gasteiger charge is -2.46. The van der Waals surface area contributed by atoms with Crippen LogP contribution in [-0.4, -0.2) is 26.5 Å². The third kappa shape index (κ3) is 5.61. The lowest BCUT2D eigenvalue weighted by Crippen LogP contribution is -2.45. The summed E-state index contributed by atoms with van der Waals surface area (Å²) in [6, 6.07) is 5.49. The van der Waals surface area contributed by atoms with Gasteiger partial charge in [-0.3, -0.25) is 4.98 Å². The summed E-state index contributed by atoms with van der Waals surface area (Å²) in [4.78, 5) is 5.45. The molecule has 42 heavy (non-hydrogen) atoms. The van der Waals surface area contributed by atoms with E-state index in [0.29, 0.717) is 26.1 Å². The summed E-state index contributed by atoms with van der Waals surface area (Å²) in [5.41, 5.74) is 4.56. The lowest BCUT2D eigenvalue weighted by atomic mass is 9.69. The first-order chi connectivity index (χ1) is 19.2. The van der Waals surface area contributed by atoms with Gasteiger partial charge in [0.15, 0.2) is 8.32 Å². The average Bonchev–Trinajstić information content (AvgIpc) is 3.15. The van der Waals surface area contributed by atoms with Gasteiger partial charge in [-0.25, -0.2) is 0 Å². The number of nitrogens with zero attached hydrogens (tertiary/aromatic N) is 1. The molecule has 5 rings (SSSR count). The summed E-state index contributed by atoms with van der Waals surface area (Å²) >= 11 is 0. The molecule has 1 aromatic carbocycles. The SMILES string of the molecule is CC1(C)Cc2nc(C(C)(C)C)c3c(c2[C@@H](O[Si](C)(C)C(C)(C)C)C1)C1(CCOCC1)O[C@@H]3c1ccc(C(F)(F)F)cc1. The largest absolute Gasteiger partial charge is 0.416 e. The van der Waals surface area contributed by atoms with Crippen molar-refractivity contribution in [3.8, 4) is 0 Å². The summed E-state index contributed by atoms with van der Waals surface area (Å²) in [5.74, 6) is 0. The van der Waals surface area contributed by atoms with E-state index < -0.39 is 31.8 Å². The van der Waals surface area contributed by atoms with Gasteiger partial charge in [0.05, 0.1) is 23.0 Å². The second kappa shape index (κ2) is 10.1. The highest BCUT2D eigenvalue weighted by Crippen LogP contribution is 2.59. The number of rotatable bonds is 3. The van der Waals surface area contributed by atoms with Crippen LogP contribution in [0.2, 0.25) is 18.1 Å². The lowest BCUT2D eigenvalue weighted by molar-refractivity contribution is -0.137. The first-order valence-electron chi connectivity index (χ1n) is 15.3. The molecule has 2 atom stereocenters. The van der Waals surface area contributed by atoms with E-state index in [4.69, 9.17) is 18.9 Å². The highest BCUT2D eigenvalue weighted by atomic mass is 28.4. The summed E-state index contributed by atoms with van der Waals surface area (Å²) in [7, 11) is -2.17. The Bertz CT molecular complexity index is 1330. The van der Waals surface area contributed by atoms with Gasteiger partial charge in [-0.15, -0.1) is 0 Å². The summed E-state index contributed by atoms with van der Waals surface area (Å²) in [6.07, 6.45) is -1.94. The number of benzene rings is 1. The molecule has 2 aromatic rings. The predicted octanol–water partition coefficient (Wildman–Crippen LogP) is 9.56. The van der Waals surface area contributed by atoms with Crippen LogP contribution < -0.4 is 0 Å². The first kappa shape index (κ1) is 31.7. The minimum Gasteiger partial charge on any atom is -0.410 e. The van der Waals surface area contributed by atoms with Crippen LogP contribution in [0.1, 0.15) is 126 Å². The van der Waals surface area contributed by atoms with Crippen LogP contribution in [0.5, 0.6) is 0 Å². The molecule has 0 bridgehead atoms. The second-order valence-corrected chi connectivity index (χ2v) is 20.8. The number of halogens is 3. The predicted molar refractivity (Wildman–Crippen MR) is 162 cm³/mol. The number of hydrogen-bond donors (Lipinski definition) is 0. The van der Waals surface area contributed by atoms with Gasteiger partial charge in [0.1, 0.15) is 6.10 Å². The van der Waals surface area contributed by atoms with Gasteiger partial charge >= 0.3 is 6.18 Å². The summed E-state index contributed by atoms with van der Waals surface area (Å²) in [5, 5.41) is 0.0341. The quantitative estimate of drug-likeness (QED) is 0.328. The van der Waals surface area contributed by atoms with E-state index >= 15 is 0 Å². The standard InChI is InChI=1S/C34H48F3NO3Si/c1-30(2,3)29-26-27(25-23(38-29)19-32(7,8)20-24(25)41-42(9,10)31(4,5)6)33(15-17-39-18-16-33)40-28(26)21-11-13-22(14-12-21)34(35,36)37/h11-14,24,28H,15-20H2,1-10H3/t24-,28+/m0/s1. The highest BCUT2D eigenvalue weighted by Gasteiger charge is 2.54. The van der Waals surface area contributed by atoms with Crippen LogP contribution in [0.15, 0.2) is 24.3 Å². The van der Waals surface area contributed by atoms with Crippen LogP contribution in [0.25, 0.3) is 0 Å². The molecule has 0 radical (unpaired) electrons. The van der Waals surface area contributed by atoms with Gasteiger partial charge in [-0.1, -0.05) is 67.5 Å². The molecule has 3 aliphatic rings. The zero-order valence-electron chi connectivity index (χ0n) is 27.0. The molecule has 8 heteroatoms. The Kier molecular flexibility index (Phi) is 7.65. The topological polar surface area (TPSA) is 40.6 Å². The molecule has 1 fully saturated rings. The van der Waals surface area contributed by atoms with E-state index in [0.717, 1.165) is 35.4 Å². The normalized spacial score (nSPS) is 24.0. The Morgan fingerprint density at radius 2 is 1.52 bits per heavy atom. The molecule has 3 heterocycles. The van der Waals surface area contributed by atoms with Gasteiger partial charge in [0.25, 0.3) is 0 Å². The zero-order chi connectivity index (χ0) is 31.1. The third-order valence-electron chi connectivity index (χ3n) is 9.91. The van der Waals surface area contributed by atoms with Crippen molar-refractivity contribution in [2.45, 2.75) is 129 Å². The van der Waals surface area contributed by atoms with Gasteiger partial charge in [-0.05, 0) is 59.6 Å². The Hall–Kier alpha value is -1.74. The number of pyridine rings is 1. The highest BCUT2D eigenvalue weighted by molar-refractivity contribution is 6.74. The molecule has 0 N–H and O–H groups in total. The number of fused-ring (bicyclic) bond motifs is 4. The van der Waals surface area contributed by atoms with Gasteiger partial charge in [-0.2, -0.15) is 13.2 Å². The van der Waals surface area contributed by atoms with E-state index in [9.17, 15) is 13.2 Å². The fourth-order valence-corrected chi connectivity index (χ4v) is 7.99. The molecule has 2 aliphatic heterocycles. The second-order valence-electron chi connectivity index (χ2n) is 16.0. The van der Waals surface area contributed by atoms with E-state index in [2.05, 4.69) is 68.5 Å². The molecule has 1 spiro atoms. The van der Waals surface area contributed by atoms with Crippen molar-refractivity contribution in [3.63, 3.8) is 0 Å². The van der Waals surface area contributed by atoms with Crippen molar-refractivity contribution in [1.29, 1.82) is 0 Å². The van der Waals surface area contributed by atoms with Crippen LogP contribution in [0, 0.1) is 5.41 Å². The first-order valence-corrected chi connectivity index (χ1v) is 18.2. The van der Waals surface area contributed by atoms with Crippen molar-refractivity contribution in [2.75, 3.05) is 13.2 Å². The van der Waals surface area contributed by atoms with Crippen LogP contribution >= 0.6 is 0 Å². The summed E-state index contributed by atoms with van der Waals surface area (Å²) < 4.78 is 60.7. The number of aromatic nitrogens is 1. The molecular formula is C34H48F3NO3Si. The number of alkyl halides is 3. The minimum absolute atomic E-state index is 0.00551. The summed E-state index contributed by atoms with van der Waals surface area (Å²) in [6.45, 7) is 23.6. The fourth-order valence-electron chi connectivity index (χ4n) is 6.72. The smallest absolute Gasteiger partial charge is 0.410 e. The molecule has 1 aliphatic carbocycles. The van der Waals surface area contributed by atoms with Crippen LogP contribution in [0.4, 0.5) is 13.2 Å². The van der Waals surface area contributed by atoms with Crippen molar-refractivity contribution in [3.05, 3.63) is 63.5 Å². The van der Waals surface area contributed by atoms with Gasteiger partial charge in [0.2, 0.25) is 0 Å².